The number of hydrogen-bond donors (Lipinski definition) is 0. The van der Waals surface area contributed by atoms with Gasteiger partial charge in [0, 0.05) is 18.7 Å². The summed E-state index contributed by atoms with van der Waals surface area (Å²) in [6, 6.07) is 12.1. The maximum Gasteiger partial charge on any atom is 0.289 e. The van der Waals surface area contributed by atoms with Gasteiger partial charge in [-0.15, -0.1) is 0 Å². The topological polar surface area (TPSA) is 129 Å². The zero-order chi connectivity index (χ0) is 20.3. The molecule has 11 heteroatoms. The lowest BCUT2D eigenvalue weighted by molar-refractivity contribution is -0.387. The molecule has 0 saturated heterocycles. The summed E-state index contributed by atoms with van der Waals surface area (Å²) < 4.78 is 36.6. The molecule has 0 saturated carbocycles. The van der Waals surface area contributed by atoms with Gasteiger partial charge < -0.3 is 9.26 Å². The molecule has 0 amide bonds. The van der Waals surface area contributed by atoms with Crippen LogP contribution in [0.25, 0.3) is 11.4 Å². The van der Waals surface area contributed by atoms with Gasteiger partial charge in [0.05, 0.1) is 18.6 Å². The van der Waals surface area contributed by atoms with E-state index in [4.69, 9.17) is 9.26 Å². The van der Waals surface area contributed by atoms with Gasteiger partial charge in [-0.3, -0.25) is 10.1 Å². The van der Waals surface area contributed by atoms with Gasteiger partial charge in [0.1, 0.15) is 5.75 Å². The normalized spacial score (nSPS) is 11.5. The Balaban J connectivity index is 1.82. The number of nitro benzene ring substituents is 1. The highest BCUT2D eigenvalue weighted by molar-refractivity contribution is 7.89. The Kier molecular flexibility index (Phi) is 5.38. The first kappa shape index (κ1) is 19.5. The third-order valence-electron chi connectivity index (χ3n) is 3.92. The molecule has 0 aliphatic heterocycles. The molecule has 0 unspecified atom stereocenters. The van der Waals surface area contributed by atoms with Crippen molar-refractivity contribution >= 4 is 15.7 Å². The quantitative estimate of drug-likeness (QED) is 0.434. The van der Waals surface area contributed by atoms with Crippen molar-refractivity contribution in [2.24, 2.45) is 0 Å². The Morgan fingerprint density at radius 3 is 2.50 bits per heavy atom. The van der Waals surface area contributed by atoms with Crippen LogP contribution in [0.4, 0.5) is 5.69 Å². The highest BCUT2D eigenvalue weighted by atomic mass is 32.2. The van der Waals surface area contributed by atoms with Gasteiger partial charge in [-0.25, -0.2) is 8.42 Å². The molecule has 146 valence electrons. The summed E-state index contributed by atoms with van der Waals surface area (Å²) in [7, 11) is -1.30. The number of nitrogens with zero attached hydrogens (tertiary/aromatic N) is 4. The summed E-state index contributed by atoms with van der Waals surface area (Å²) in [5, 5.41) is 15.0. The molecule has 0 radical (unpaired) electrons. The van der Waals surface area contributed by atoms with E-state index in [2.05, 4.69) is 10.1 Å². The fourth-order valence-electron chi connectivity index (χ4n) is 2.45. The molecule has 0 aliphatic rings. The number of ether oxygens (including phenoxy) is 1. The molecule has 0 spiro atoms. The van der Waals surface area contributed by atoms with Crippen molar-refractivity contribution in [3.63, 3.8) is 0 Å². The lowest BCUT2D eigenvalue weighted by Crippen LogP contribution is -2.27. The molecule has 2 aromatic carbocycles. The Labute approximate surface area is 160 Å². The van der Waals surface area contributed by atoms with Gasteiger partial charge >= 0.3 is 0 Å². The molecule has 0 atom stereocenters. The van der Waals surface area contributed by atoms with E-state index in [-0.39, 0.29) is 18.3 Å². The molecule has 3 aromatic rings. The zero-order valence-corrected chi connectivity index (χ0v) is 15.8. The first-order chi connectivity index (χ1) is 13.3. The van der Waals surface area contributed by atoms with E-state index in [1.165, 1.54) is 25.2 Å². The largest absolute Gasteiger partial charge is 0.497 e. The predicted octanol–water partition coefficient (Wildman–Crippen LogP) is 2.47. The first-order valence-corrected chi connectivity index (χ1v) is 9.43. The maximum absolute atomic E-state index is 12.7. The number of para-hydroxylation sites is 1. The Bertz CT molecular complexity index is 1090. The van der Waals surface area contributed by atoms with E-state index in [1.807, 2.05) is 0 Å². The average Bonchev–Trinajstić information content (AvgIpc) is 3.16. The zero-order valence-electron chi connectivity index (χ0n) is 15.0. The maximum atomic E-state index is 12.7. The van der Waals surface area contributed by atoms with Gasteiger partial charge in [-0.05, 0) is 30.3 Å². The summed E-state index contributed by atoms with van der Waals surface area (Å²) in [5.74, 6) is 1.01. The molecule has 0 N–H and O–H groups in total. The van der Waals surface area contributed by atoms with Crippen LogP contribution in [0.3, 0.4) is 0 Å². The van der Waals surface area contributed by atoms with Crippen molar-refractivity contribution in [1.29, 1.82) is 0 Å². The smallest absolute Gasteiger partial charge is 0.289 e. The first-order valence-electron chi connectivity index (χ1n) is 7.99. The molecule has 1 aromatic heterocycles. The van der Waals surface area contributed by atoms with E-state index in [9.17, 15) is 18.5 Å². The van der Waals surface area contributed by atoms with E-state index in [0.717, 1.165) is 10.4 Å². The average molecular weight is 404 g/mol. The van der Waals surface area contributed by atoms with Crippen molar-refractivity contribution in [2.45, 2.75) is 11.4 Å². The Morgan fingerprint density at radius 1 is 1.18 bits per heavy atom. The minimum Gasteiger partial charge on any atom is -0.497 e. The van der Waals surface area contributed by atoms with E-state index in [1.54, 1.807) is 31.4 Å². The van der Waals surface area contributed by atoms with Crippen molar-refractivity contribution < 1.29 is 22.6 Å². The fourth-order valence-corrected chi connectivity index (χ4v) is 3.72. The second kappa shape index (κ2) is 7.74. The van der Waals surface area contributed by atoms with Crippen molar-refractivity contribution in [1.82, 2.24) is 14.4 Å². The van der Waals surface area contributed by atoms with Crippen molar-refractivity contribution in [3.05, 3.63) is 64.5 Å². The number of nitro groups is 1. The molecule has 0 bridgehead atoms. The lowest BCUT2D eigenvalue weighted by Gasteiger charge is -2.14. The SMILES string of the molecule is COc1ccc(-c2noc(CN(C)S(=O)(=O)c3ccccc3[N+](=O)[O-])n2)cc1. The third kappa shape index (κ3) is 3.85. The summed E-state index contributed by atoms with van der Waals surface area (Å²) >= 11 is 0. The minimum absolute atomic E-state index is 0.0514. The van der Waals surface area contributed by atoms with Crippen LogP contribution in [0.1, 0.15) is 5.89 Å². The van der Waals surface area contributed by atoms with Gasteiger partial charge in [-0.1, -0.05) is 17.3 Å². The molecule has 3 rings (SSSR count). The van der Waals surface area contributed by atoms with Gasteiger partial charge in [-0.2, -0.15) is 9.29 Å². The summed E-state index contributed by atoms with van der Waals surface area (Å²) in [6.07, 6.45) is 0. The standard InChI is InChI=1S/C17H16N4O6S/c1-20(28(24,25)15-6-4-3-5-14(15)21(22)23)11-16-18-17(19-27-16)12-7-9-13(26-2)10-8-12/h3-10H,11H2,1-2H3. The van der Waals surface area contributed by atoms with E-state index < -0.39 is 25.5 Å². The molecule has 0 aliphatic carbocycles. The number of aromatic nitrogens is 2. The van der Waals surface area contributed by atoms with Crippen LogP contribution in [0.5, 0.6) is 5.75 Å². The fraction of sp³-hybridized carbons (Fsp3) is 0.176. The van der Waals surface area contributed by atoms with Crippen LogP contribution < -0.4 is 4.74 Å². The second-order valence-electron chi connectivity index (χ2n) is 5.73. The Hall–Kier alpha value is -3.31. The van der Waals surface area contributed by atoms with Crippen molar-refractivity contribution in [2.75, 3.05) is 14.2 Å². The summed E-state index contributed by atoms with van der Waals surface area (Å²) in [4.78, 5) is 14.2. The number of rotatable bonds is 7. The summed E-state index contributed by atoms with van der Waals surface area (Å²) in [6.45, 7) is -0.239. The second-order valence-corrected chi connectivity index (χ2v) is 7.74. The van der Waals surface area contributed by atoms with Gasteiger partial charge in [0.2, 0.25) is 21.7 Å². The highest BCUT2D eigenvalue weighted by Crippen LogP contribution is 2.26. The highest BCUT2D eigenvalue weighted by Gasteiger charge is 2.30. The monoisotopic (exact) mass is 404 g/mol. The molecule has 1 heterocycles. The number of hydrogen-bond acceptors (Lipinski definition) is 8. The molecule has 28 heavy (non-hydrogen) atoms. The number of benzene rings is 2. The van der Waals surface area contributed by atoms with Crippen LogP contribution in [0.2, 0.25) is 0 Å². The minimum atomic E-state index is -4.13. The van der Waals surface area contributed by atoms with Gasteiger partial charge in [0.15, 0.2) is 4.90 Å². The number of sulfonamides is 1. The lowest BCUT2D eigenvalue weighted by atomic mass is 10.2. The Morgan fingerprint density at radius 2 is 1.86 bits per heavy atom. The van der Waals surface area contributed by atoms with E-state index in [0.29, 0.717) is 11.3 Å². The van der Waals surface area contributed by atoms with Crippen LogP contribution >= 0.6 is 0 Å². The van der Waals surface area contributed by atoms with Crippen molar-refractivity contribution in [3.8, 4) is 17.1 Å². The molecule has 0 fully saturated rings. The molecule has 10 nitrogen and oxygen atoms in total. The van der Waals surface area contributed by atoms with Crippen LogP contribution in [-0.2, 0) is 16.6 Å². The summed E-state index contributed by atoms with van der Waals surface area (Å²) in [5.41, 5.74) is 0.166. The van der Waals surface area contributed by atoms with Crippen LogP contribution in [0, 0.1) is 10.1 Å². The molecular weight excluding hydrogens is 388 g/mol. The molecular formula is C17H16N4O6S. The van der Waals surface area contributed by atoms with Crippen LogP contribution in [0.15, 0.2) is 57.9 Å². The van der Waals surface area contributed by atoms with Crippen LogP contribution in [-0.4, -0.2) is 41.9 Å². The predicted molar refractivity (Wildman–Crippen MR) is 98.0 cm³/mol. The van der Waals surface area contributed by atoms with E-state index >= 15 is 0 Å². The van der Waals surface area contributed by atoms with Gasteiger partial charge in [0.25, 0.3) is 5.69 Å². The number of methoxy groups -OCH3 is 1. The third-order valence-corrected chi connectivity index (χ3v) is 5.78.